The van der Waals surface area contributed by atoms with Crippen LogP contribution in [0.4, 0.5) is 10.2 Å². The van der Waals surface area contributed by atoms with Crippen molar-refractivity contribution in [3.63, 3.8) is 0 Å². The zero-order chi connectivity index (χ0) is 13.9. The predicted molar refractivity (Wildman–Crippen MR) is 83.2 cm³/mol. The fourth-order valence-electron chi connectivity index (χ4n) is 2.10. The molecule has 2 aromatic carbocycles. The Balaban J connectivity index is 1.88. The predicted octanol–water partition coefficient (Wildman–Crippen LogP) is 4.75. The average molecular weight is 331 g/mol. The first-order valence-electron chi connectivity index (χ1n) is 6.25. The minimum absolute atomic E-state index is 0.221. The van der Waals surface area contributed by atoms with Crippen LogP contribution in [0, 0.1) is 5.82 Å². The number of rotatable bonds is 3. The third-order valence-electron chi connectivity index (χ3n) is 3.13. The van der Waals surface area contributed by atoms with Crippen LogP contribution in [0.3, 0.4) is 0 Å². The molecule has 0 radical (unpaired) electrons. The molecule has 0 fully saturated rings. The van der Waals surface area contributed by atoms with E-state index in [0.29, 0.717) is 6.54 Å². The van der Waals surface area contributed by atoms with Crippen molar-refractivity contribution in [2.75, 3.05) is 5.32 Å². The number of aromatic nitrogens is 1. The topological polar surface area (TPSA) is 24.9 Å². The van der Waals surface area contributed by atoms with Gasteiger partial charge in [0, 0.05) is 28.0 Å². The maximum absolute atomic E-state index is 12.9. The highest BCUT2D eigenvalue weighted by molar-refractivity contribution is 9.10. The standard InChI is InChI=1S/C16H12BrFN2/c17-15-3-1-2-14-13(15)8-9-19-16(14)20-10-11-4-6-12(18)7-5-11/h1-9H,10H2,(H,19,20). The fourth-order valence-corrected chi connectivity index (χ4v) is 2.60. The van der Waals surface area contributed by atoms with Gasteiger partial charge in [-0.2, -0.15) is 0 Å². The van der Waals surface area contributed by atoms with E-state index in [2.05, 4.69) is 26.2 Å². The third kappa shape index (κ3) is 2.65. The van der Waals surface area contributed by atoms with Crippen molar-refractivity contribution in [1.82, 2.24) is 4.98 Å². The molecule has 1 N–H and O–H groups in total. The monoisotopic (exact) mass is 330 g/mol. The molecule has 0 aliphatic carbocycles. The zero-order valence-electron chi connectivity index (χ0n) is 10.6. The first-order chi connectivity index (χ1) is 9.74. The number of nitrogens with zero attached hydrogens (tertiary/aromatic N) is 1. The first-order valence-corrected chi connectivity index (χ1v) is 7.05. The van der Waals surface area contributed by atoms with E-state index in [-0.39, 0.29) is 5.82 Å². The second-order valence-electron chi connectivity index (χ2n) is 4.47. The Kier molecular flexibility index (Phi) is 3.65. The highest BCUT2D eigenvalue weighted by Gasteiger charge is 2.04. The molecule has 0 aliphatic rings. The summed E-state index contributed by atoms with van der Waals surface area (Å²) in [5.41, 5.74) is 1.01. The van der Waals surface area contributed by atoms with Gasteiger partial charge in [-0.1, -0.05) is 40.2 Å². The van der Waals surface area contributed by atoms with Crippen LogP contribution in [0.1, 0.15) is 5.56 Å². The summed E-state index contributed by atoms with van der Waals surface area (Å²) >= 11 is 3.54. The minimum atomic E-state index is -0.221. The van der Waals surface area contributed by atoms with Gasteiger partial charge in [-0.05, 0) is 29.8 Å². The lowest BCUT2D eigenvalue weighted by Crippen LogP contribution is -2.01. The lowest BCUT2D eigenvalue weighted by molar-refractivity contribution is 0.627. The van der Waals surface area contributed by atoms with Gasteiger partial charge in [-0.25, -0.2) is 9.37 Å². The SMILES string of the molecule is Fc1ccc(CNc2nccc3c(Br)cccc23)cc1. The van der Waals surface area contributed by atoms with Gasteiger partial charge in [-0.15, -0.1) is 0 Å². The normalized spacial score (nSPS) is 10.7. The van der Waals surface area contributed by atoms with Crippen LogP contribution in [-0.4, -0.2) is 4.98 Å². The number of pyridine rings is 1. The molecule has 0 saturated heterocycles. The Morgan fingerprint density at radius 1 is 1.00 bits per heavy atom. The molecule has 0 spiro atoms. The number of hydrogen-bond donors (Lipinski definition) is 1. The largest absolute Gasteiger partial charge is 0.365 e. The Morgan fingerprint density at radius 3 is 2.60 bits per heavy atom. The van der Waals surface area contributed by atoms with Crippen LogP contribution in [-0.2, 0) is 6.54 Å². The molecule has 0 unspecified atom stereocenters. The van der Waals surface area contributed by atoms with Gasteiger partial charge in [0.25, 0.3) is 0 Å². The van der Waals surface area contributed by atoms with Crippen LogP contribution in [0.5, 0.6) is 0 Å². The van der Waals surface area contributed by atoms with Gasteiger partial charge < -0.3 is 5.32 Å². The van der Waals surface area contributed by atoms with E-state index in [1.165, 1.54) is 12.1 Å². The molecule has 3 rings (SSSR count). The molecule has 0 amide bonds. The van der Waals surface area contributed by atoms with Crippen molar-refractivity contribution in [3.8, 4) is 0 Å². The Morgan fingerprint density at radius 2 is 1.80 bits per heavy atom. The zero-order valence-corrected chi connectivity index (χ0v) is 12.2. The maximum atomic E-state index is 12.9. The van der Waals surface area contributed by atoms with E-state index in [9.17, 15) is 4.39 Å². The van der Waals surface area contributed by atoms with Crippen molar-refractivity contribution >= 4 is 32.5 Å². The summed E-state index contributed by atoms with van der Waals surface area (Å²) in [6.07, 6.45) is 1.78. The summed E-state index contributed by atoms with van der Waals surface area (Å²) in [5, 5.41) is 5.47. The summed E-state index contributed by atoms with van der Waals surface area (Å²) in [5.74, 6) is 0.606. The molecular formula is C16H12BrFN2. The van der Waals surface area contributed by atoms with E-state index in [1.807, 2.05) is 24.3 Å². The van der Waals surface area contributed by atoms with Crippen molar-refractivity contribution < 1.29 is 4.39 Å². The summed E-state index contributed by atoms with van der Waals surface area (Å²) in [6.45, 7) is 0.610. The van der Waals surface area contributed by atoms with Gasteiger partial charge >= 0.3 is 0 Å². The van der Waals surface area contributed by atoms with Crippen LogP contribution < -0.4 is 5.32 Å². The molecule has 2 nitrogen and oxygen atoms in total. The fraction of sp³-hybridized carbons (Fsp3) is 0.0625. The molecule has 100 valence electrons. The van der Waals surface area contributed by atoms with Crippen LogP contribution in [0.2, 0.25) is 0 Å². The highest BCUT2D eigenvalue weighted by atomic mass is 79.9. The summed E-state index contributed by atoms with van der Waals surface area (Å²) in [7, 11) is 0. The highest BCUT2D eigenvalue weighted by Crippen LogP contribution is 2.27. The molecule has 0 aliphatic heterocycles. The summed E-state index contributed by atoms with van der Waals surface area (Å²) in [4.78, 5) is 4.37. The van der Waals surface area contributed by atoms with Crippen LogP contribution in [0.15, 0.2) is 59.2 Å². The minimum Gasteiger partial charge on any atom is -0.365 e. The Hall–Kier alpha value is -1.94. The van der Waals surface area contributed by atoms with Gasteiger partial charge in [0.05, 0.1) is 0 Å². The van der Waals surface area contributed by atoms with Crippen LogP contribution >= 0.6 is 15.9 Å². The Bertz CT molecular complexity index is 741. The number of hydrogen-bond acceptors (Lipinski definition) is 2. The second-order valence-corrected chi connectivity index (χ2v) is 5.33. The molecular weight excluding hydrogens is 319 g/mol. The van der Waals surface area contributed by atoms with Crippen molar-refractivity contribution in [1.29, 1.82) is 0 Å². The van der Waals surface area contributed by atoms with E-state index >= 15 is 0 Å². The molecule has 1 heterocycles. The Labute approximate surface area is 124 Å². The van der Waals surface area contributed by atoms with E-state index in [1.54, 1.807) is 18.3 Å². The third-order valence-corrected chi connectivity index (χ3v) is 3.82. The van der Waals surface area contributed by atoms with Gasteiger partial charge in [0.15, 0.2) is 0 Å². The number of anilines is 1. The van der Waals surface area contributed by atoms with E-state index in [4.69, 9.17) is 0 Å². The van der Waals surface area contributed by atoms with Crippen molar-refractivity contribution in [2.24, 2.45) is 0 Å². The maximum Gasteiger partial charge on any atom is 0.134 e. The van der Waals surface area contributed by atoms with Gasteiger partial charge in [-0.3, -0.25) is 0 Å². The molecule has 0 saturated carbocycles. The summed E-state index contributed by atoms with van der Waals surface area (Å²) in [6, 6.07) is 14.5. The van der Waals surface area contributed by atoms with E-state index < -0.39 is 0 Å². The summed E-state index contributed by atoms with van der Waals surface area (Å²) < 4.78 is 13.9. The quantitative estimate of drug-likeness (QED) is 0.749. The molecule has 3 aromatic rings. The molecule has 1 aromatic heterocycles. The van der Waals surface area contributed by atoms with Crippen LogP contribution in [0.25, 0.3) is 10.8 Å². The number of fused-ring (bicyclic) bond motifs is 1. The van der Waals surface area contributed by atoms with Gasteiger partial charge in [0.1, 0.15) is 11.6 Å². The lowest BCUT2D eigenvalue weighted by atomic mass is 10.1. The average Bonchev–Trinajstić information content (AvgIpc) is 2.47. The van der Waals surface area contributed by atoms with Crippen molar-refractivity contribution in [2.45, 2.75) is 6.54 Å². The number of halogens is 2. The van der Waals surface area contributed by atoms with E-state index in [0.717, 1.165) is 26.6 Å². The molecule has 20 heavy (non-hydrogen) atoms. The number of benzene rings is 2. The first kappa shape index (κ1) is 13.1. The second kappa shape index (κ2) is 5.59. The van der Waals surface area contributed by atoms with Gasteiger partial charge in [0.2, 0.25) is 0 Å². The molecule has 0 bridgehead atoms. The smallest absolute Gasteiger partial charge is 0.134 e. The van der Waals surface area contributed by atoms with Crippen molar-refractivity contribution in [3.05, 3.63) is 70.6 Å². The number of nitrogens with one attached hydrogen (secondary N) is 1. The molecule has 4 heteroatoms. The lowest BCUT2D eigenvalue weighted by Gasteiger charge is -2.09. The molecule has 0 atom stereocenters.